The molecule has 0 aromatic carbocycles. The molecule has 4 rings (SSSR count). The molecule has 3 atom stereocenters. The van der Waals surface area contributed by atoms with Gasteiger partial charge >= 0.3 is 0 Å². The minimum absolute atomic E-state index is 0.0593. The zero-order valence-corrected chi connectivity index (χ0v) is 13.5. The van der Waals surface area contributed by atoms with E-state index in [1.165, 1.54) is 32.1 Å². The van der Waals surface area contributed by atoms with Crippen molar-refractivity contribution >= 4 is 11.7 Å². The van der Waals surface area contributed by atoms with Crippen LogP contribution in [-0.2, 0) is 4.74 Å². The number of carbonyl (C=O) groups excluding carboxylic acids is 1. The number of hydrogen-bond donors (Lipinski definition) is 1. The molecule has 5 nitrogen and oxygen atoms in total. The first-order valence-corrected chi connectivity index (χ1v) is 8.91. The van der Waals surface area contributed by atoms with Gasteiger partial charge in [-0.15, -0.1) is 0 Å². The van der Waals surface area contributed by atoms with Gasteiger partial charge < -0.3 is 15.0 Å². The normalized spacial score (nSPS) is 30.3. The molecular weight excluding hydrogens is 290 g/mol. The number of nitrogens with one attached hydrogen (secondary N) is 1. The fourth-order valence-corrected chi connectivity index (χ4v) is 4.49. The van der Waals surface area contributed by atoms with E-state index in [9.17, 15) is 4.79 Å². The highest BCUT2D eigenvalue weighted by molar-refractivity contribution is 5.94. The first-order chi connectivity index (χ1) is 11.3. The first kappa shape index (κ1) is 14.9. The molecule has 1 saturated heterocycles. The molecule has 0 radical (unpaired) electrons. The second-order valence-corrected chi connectivity index (χ2v) is 7.02. The topological polar surface area (TPSA) is 54.5 Å². The molecule has 1 aliphatic heterocycles. The van der Waals surface area contributed by atoms with Crippen LogP contribution in [0.1, 0.15) is 42.5 Å². The summed E-state index contributed by atoms with van der Waals surface area (Å²) in [5.74, 6) is 2.71. The lowest BCUT2D eigenvalue weighted by Crippen LogP contribution is -2.40. The van der Waals surface area contributed by atoms with Gasteiger partial charge in [-0.25, -0.2) is 4.98 Å². The number of ether oxygens (including phenoxy) is 1. The van der Waals surface area contributed by atoms with Gasteiger partial charge in [-0.1, -0.05) is 12.8 Å². The van der Waals surface area contributed by atoms with Crippen LogP contribution in [0.25, 0.3) is 0 Å². The van der Waals surface area contributed by atoms with Crippen molar-refractivity contribution in [1.82, 2.24) is 9.88 Å². The van der Waals surface area contributed by atoms with Crippen molar-refractivity contribution in [3.05, 3.63) is 23.9 Å². The maximum atomic E-state index is 12.4. The minimum atomic E-state index is 0.0593. The third-order valence-corrected chi connectivity index (χ3v) is 5.73. The van der Waals surface area contributed by atoms with Crippen LogP contribution in [0.4, 0.5) is 5.82 Å². The molecule has 1 aromatic heterocycles. The van der Waals surface area contributed by atoms with Crippen LogP contribution in [-0.4, -0.2) is 48.1 Å². The van der Waals surface area contributed by atoms with Crippen molar-refractivity contribution in [2.45, 2.75) is 38.1 Å². The Kier molecular flexibility index (Phi) is 4.21. The number of pyridine rings is 1. The van der Waals surface area contributed by atoms with E-state index in [0.29, 0.717) is 37.9 Å². The molecule has 2 saturated carbocycles. The zero-order chi connectivity index (χ0) is 15.6. The lowest BCUT2D eigenvalue weighted by molar-refractivity contribution is 0.0302. The van der Waals surface area contributed by atoms with Gasteiger partial charge in [0.1, 0.15) is 5.82 Å². The zero-order valence-electron chi connectivity index (χ0n) is 13.5. The summed E-state index contributed by atoms with van der Waals surface area (Å²) >= 11 is 0. The van der Waals surface area contributed by atoms with E-state index in [-0.39, 0.29) is 5.91 Å². The Morgan fingerprint density at radius 3 is 2.83 bits per heavy atom. The second-order valence-electron chi connectivity index (χ2n) is 7.02. The van der Waals surface area contributed by atoms with Gasteiger partial charge in [0, 0.05) is 25.3 Å². The number of rotatable bonds is 3. The molecule has 2 aliphatic carbocycles. The van der Waals surface area contributed by atoms with Crippen molar-refractivity contribution in [1.29, 1.82) is 0 Å². The summed E-state index contributed by atoms with van der Waals surface area (Å²) in [5.41, 5.74) is 0.669. The average Bonchev–Trinajstić information content (AvgIpc) is 3.21. The summed E-state index contributed by atoms with van der Waals surface area (Å²) in [6, 6.07) is 4.42. The van der Waals surface area contributed by atoms with Crippen LogP contribution in [0.15, 0.2) is 18.3 Å². The summed E-state index contributed by atoms with van der Waals surface area (Å²) in [4.78, 5) is 18.7. The summed E-state index contributed by atoms with van der Waals surface area (Å²) < 4.78 is 5.29. The Balaban J connectivity index is 1.38. The van der Waals surface area contributed by atoms with Crippen molar-refractivity contribution in [2.24, 2.45) is 11.8 Å². The highest BCUT2D eigenvalue weighted by Gasteiger charge is 2.39. The first-order valence-electron chi connectivity index (χ1n) is 8.91. The van der Waals surface area contributed by atoms with Crippen molar-refractivity contribution in [3.63, 3.8) is 0 Å². The van der Waals surface area contributed by atoms with E-state index >= 15 is 0 Å². The van der Waals surface area contributed by atoms with E-state index in [4.69, 9.17) is 4.74 Å². The lowest BCUT2D eigenvalue weighted by atomic mass is 9.98. The third kappa shape index (κ3) is 3.07. The second kappa shape index (κ2) is 6.48. The van der Waals surface area contributed by atoms with Gasteiger partial charge in [0.15, 0.2) is 0 Å². The molecule has 23 heavy (non-hydrogen) atoms. The number of amides is 1. The van der Waals surface area contributed by atoms with Crippen LogP contribution in [0.5, 0.6) is 0 Å². The Morgan fingerprint density at radius 2 is 2.04 bits per heavy atom. The van der Waals surface area contributed by atoms with E-state index in [1.807, 2.05) is 17.0 Å². The number of anilines is 1. The van der Waals surface area contributed by atoms with E-state index < -0.39 is 0 Å². The largest absolute Gasteiger partial charge is 0.378 e. The maximum Gasteiger partial charge on any atom is 0.255 e. The van der Waals surface area contributed by atoms with E-state index in [2.05, 4.69) is 10.3 Å². The number of morpholine rings is 1. The maximum absolute atomic E-state index is 12.4. The predicted octanol–water partition coefficient (Wildman–Crippen LogP) is 2.54. The van der Waals surface area contributed by atoms with Gasteiger partial charge in [-0.2, -0.15) is 0 Å². The Hall–Kier alpha value is -1.62. The van der Waals surface area contributed by atoms with E-state index in [1.54, 1.807) is 6.20 Å². The standard InChI is InChI=1S/C18H25N3O2/c22-18(21-8-10-23-11-9-21)14-5-7-17(19-12-14)20-16-6-4-13-2-1-3-15(13)16/h5,7,12-13,15-16H,1-4,6,8-11H2,(H,19,20)/t13-,15-,16-/m1/s1. The molecule has 0 unspecified atom stereocenters. The van der Waals surface area contributed by atoms with Gasteiger partial charge in [0.25, 0.3) is 5.91 Å². The molecule has 1 aromatic rings. The Morgan fingerprint density at radius 1 is 1.17 bits per heavy atom. The lowest BCUT2D eigenvalue weighted by Gasteiger charge is -2.26. The summed E-state index contributed by atoms with van der Waals surface area (Å²) in [6.07, 6.45) is 8.47. The minimum Gasteiger partial charge on any atom is -0.378 e. The molecule has 1 amide bonds. The molecule has 0 bridgehead atoms. The molecule has 3 aliphatic rings. The Labute approximate surface area is 137 Å². The summed E-state index contributed by atoms with van der Waals surface area (Å²) in [7, 11) is 0. The highest BCUT2D eigenvalue weighted by Crippen LogP contribution is 2.44. The van der Waals surface area contributed by atoms with Crippen LogP contribution in [0.2, 0.25) is 0 Å². The van der Waals surface area contributed by atoms with Crippen LogP contribution in [0, 0.1) is 11.8 Å². The van der Waals surface area contributed by atoms with Crippen LogP contribution >= 0.6 is 0 Å². The number of nitrogens with zero attached hydrogens (tertiary/aromatic N) is 2. The summed E-state index contributed by atoms with van der Waals surface area (Å²) in [6.45, 7) is 2.60. The molecular formula is C18H25N3O2. The smallest absolute Gasteiger partial charge is 0.255 e. The fraction of sp³-hybridized carbons (Fsp3) is 0.667. The fourth-order valence-electron chi connectivity index (χ4n) is 4.49. The summed E-state index contributed by atoms with van der Waals surface area (Å²) in [5, 5.41) is 3.60. The van der Waals surface area contributed by atoms with Gasteiger partial charge in [0.05, 0.1) is 18.8 Å². The highest BCUT2D eigenvalue weighted by atomic mass is 16.5. The molecule has 3 fully saturated rings. The third-order valence-electron chi connectivity index (χ3n) is 5.73. The monoisotopic (exact) mass is 315 g/mol. The average molecular weight is 315 g/mol. The molecule has 1 N–H and O–H groups in total. The van der Waals surface area contributed by atoms with Gasteiger partial charge in [-0.3, -0.25) is 4.79 Å². The van der Waals surface area contributed by atoms with Crippen molar-refractivity contribution in [3.8, 4) is 0 Å². The number of hydrogen-bond acceptors (Lipinski definition) is 4. The van der Waals surface area contributed by atoms with Gasteiger partial charge in [0.2, 0.25) is 0 Å². The van der Waals surface area contributed by atoms with Crippen molar-refractivity contribution < 1.29 is 9.53 Å². The number of carbonyl (C=O) groups is 1. The SMILES string of the molecule is O=C(c1ccc(N[C@@H]2CC[C@H]3CCC[C@H]32)nc1)N1CCOCC1. The molecule has 2 heterocycles. The predicted molar refractivity (Wildman–Crippen MR) is 88.4 cm³/mol. The van der Waals surface area contributed by atoms with Crippen molar-refractivity contribution in [2.75, 3.05) is 31.6 Å². The van der Waals surface area contributed by atoms with Crippen LogP contribution in [0.3, 0.4) is 0 Å². The van der Waals surface area contributed by atoms with Gasteiger partial charge in [-0.05, 0) is 43.2 Å². The number of fused-ring (bicyclic) bond motifs is 1. The molecule has 5 heteroatoms. The van der Waals surface area contributed by atoms with E-state index in [0.717, 1.165) is 17.7 Å². The quantitative estimate of drug-likeness (QED) is 0.931. The Bertz CT molecular complexity index is 554. The molecule has 124 valence electrons. The van der Waals surface area contributed by atoms with Crippen LogP contribution < -0.4 is 5.32 Å². The number of aromatic nitrogens is 1. The molecule has 0 spiro atoms.